The summed E-state index contributed by atoms with van der Waals surface area (Å²) in [6.07, 6.45) is 0. The SMILES string of the molecule is N#Cc1ccccc1-n1c2ccccc2c2ccc3c(c21)-c1ccccc1P3(=O)c1ccccc1. The number of hydrogen-bond acceptors (Lipinski definition) is 2. The van der Waals surface area contributed by atoms with Crippen LogP contribution in [0, 0.1) is 11.3 Å². The fraction of sp³-hybridized carbons (Fsp3) is 0. The Hall–Kier alpha value is -4.38. The minimum Gasteiger partial charge on any atom is -0.309 e. The predicted molar refractivity (Wildman–Crippen MR) is 144 cm³/mol. The molecule has 35 heavy (non-hydrogen) atoms. The third-order valence-electron chi connectivity index (χ3n) is 7.05. The van der Waals surface area contributed by atoms with E-state index in [0.29, 0.717) is 5.56 Å². The third kappa shape index (κ3) is 2.58. The molecule has 0 radical (unpaired) electrons. The van der Waals surface area contributed by atoms with Crippen molar-refractivity contribution in [3.8, 4) is 22.9 Å². The van der Waals surface area contributed by atoms with Crippen LogP contribution in [0.3, 0.4) is 0 Å². The Morgan fingerprint density at radius 2 is 1.37 bits per heavy atom. The Labute approximate surface area is 202 Å². The van der Waals surface area contributed by atoms with Gasteiger partial charge in [0.05, 0.1) is 22.3 Å². The molecule has 164 valence electrons. The Morgan fingerprint density at radius 3 is 2.23 bits per heavy atom. The molecular weight excluding hydrogens is 447 g/mol. The lowest BCUT2D eigenvalue weighted by Gasteiger charge is -2.16. The largest absolute Gasteiger partial charge is 0.309 e. The summed E-state index contributed by atoms with van der Waals surface area (Å²) < 4.78 is 17.2. The quantitative estimate of drug-likeness (QED) is 0.282. The summed E-state index contributed by atoms with van der Waals surface area (Å²) in [5.41, 5.74) is 5.44. The zero-order valence-electron chi connectivity index (χ0n) is 18.7. The third-order valence-corrected chi connectivity index (χ3v) is 10.2. The van der Waals surface area contributed by atoms with Crippen molar-refractivity contribution >= 4 is 44.9 Å². The van der Waals surface area contributed by atoms with E-state index in [1.54, 1.807) is 0 Å². The van der Waals surface area contributed by atoms with Gasteiger partial charge < -0.3 is 9.13 Å². The summed E-state index contributed by atoms with van der Waals surface area (Å²) in [4.78, 5) is 0. The van der Waals surface area contributed by atoms with Crippen LogP contribution >= 0.6 is 7.14 Å². The van der Waals surface area contributed by atoms with Crippen LogP contribution in [0.4, 0.5) is 0 Å². The number of aromatic nitrogens is 1. The maximum atomic E-state index is 15.0. The highest BCUT2D eigenvalue weighted by molar-refractivity contribution is 7.86. The van der Waals surface area contributed by atoms with Gasteiger partial charge in [-0.05, 0) is 29.8 Å². The van der Waals surface area contributed by atoms with Crippen LogP contribution < -0.4 is 15.9 Å². The first-order valence-corrected chi connectivity index (χ1v) is 13.3. The van der Waals surface area contributed by atoms with Crippen molar-refractivity contribution in [1.82, 2.24) is 4.57 Å². The Balaban J connectivity index is 1.72. The van der Waals surface area contributed by atoms with E-state index in [4.69, 9.17) is 0 Å². The van der Waals surface area contributed by atoms with Crippen LogP contribution in [0.25, 0.3) is 38.6 Å². The molecule has 0 bridgehead atoms. The summed E-state index contributed by atoms with van der Waals surface area (Å²) in [6, 6.07) is 40.3. The molecule has 6 aromatic rings. The lowest BCUT2D eigenvalue weighted by atomic mass is 10.0. The average Bonchev–Trinajstić information content (AvgIpc) is 3.40. The number of nitrogens with zero attached hydrogens (tertiary/aromatic N) is 2. The summed E-state index contributed by atoms with van der Waals surface area (Å²) in [7, 11) is -3.06. The van der Waals surface area contributed by atoms with Gasteiger partial charge in [0.1, 0.15) is 6.07 Å². The van der Waals surface area contributed by atoms with E-state index in [-0.39, 0.29) is 0 Å². The fourth-order valence-corrected chi connectivity index (χ4v) is 8.65. The lowest BCUT2D eigenvalue weighted by molar-refractivity contribution is 0.593. The molecule has 1 atom stereocenters. The smallest absolute Gasteiger partial charge is 0.172 e. The molecule has 0 aliphatic carbocycles. The molecule has 0 fully saturated rings. The molecule has 0 amide bonds. The molecule has 0 spiro atoms. The average molecular weight is 466 g/mol. The van der Waals surface area contributed by atoms with Gasteiger partial charge in [0, 0.05) is 32.2 Å². The van der Waals surface area contributed by atoms with Gasteiger partial charge >= 0.3 is 0 Å². The standard InChI is InChI=1S/C31H19N2OP/c32-20-21-10-4-7-15-26(21)33-27-16-8-5-13-23(27)24-18-19-29-30(31(24)33)25-14-6-9-17-28(25)35(29,34)22-11-2-1-3-12-22/h1-19H. The Morgan fingerprint density at radius 1 is 0.657 bits per heavy atom. The van der Waals surface area contributed by atoms with E-state index >= 15 is 4.57 Å². The second kappa shape index (κ2) is 7.31. The van der Waals surface area contributed by atoms with Crippen LogP contribution in [-0.2, 0) is 4.57 Å². The van der Waals surface area contributed by atoms with E-state index in [0.717, 1.165) is 54.5 Å². The second-order valence-corrected chi connectivity index (χ2v) is 11.5. The molecule has 1 aromatic heterocycles. The van der Waals surface area contributed by atoms with Crippen LogP contribution in [0.15, 0.2) is 115 Å². The zero-order valence-corrected chi connectivity index (χ0v) is 19.6. The highest BCUT2D eigenvalue weighted by Crippen LogP contribution is 2.54. The van der Waals surface area contributed by atoms with Gasteiger partial charge in [-0.3, -0.25) is 0 Å². The fourth-order valence-electron chi connectivity index (χ4n) is 5.59. The maximum absolute atomic E-state index is 15.0. The number of nitriles is 1. The summed E-state index contributed by atoms with van der Waals surface area (Å²) in [6.45, 7) is 0. The van der Waals surface area contributed by atoms with Gasteiger partial charge in [-0.25, -0.2) is 0 Å². The van der Waals surface area contributed by atoms with Crippen LogP contribution in [0.2, 0.25) is 0 Å². The molecule has 0 saturated heterocycles. The van der Waals surface area contributed by atoms with Crippen molar-refractivity contribution < 1.29 is 4.57 Å². The molecule has 2 heterocycles. The van der Waals surface area contributed by atoms with Crippen molar-refractivity contribution in [3.63, 3.8) is 0 Å². The lowest BCUT2D eigenvalue weighted by Crippen LogP contribution is -2.20. The monoisotopic (exact) mass is 466 g/mol. The van der Waals surface area contributed by atoms with E-state index < -0.39 is 7.14 Å². The van der Waals surface area contributed by atoms with Gasteiger partial charge in [0.25, 0.3) is 0 Å². The molecule has 7 rings (SSSR count). The molecule has 4 heteroatoms. The van der Waals surface area contributed by atoms with Gasteiger partial charge in [-0.2, -0.15) is 5.26 Å². The summed E-state index contributed by atoms with van der Waals surface area (Å²) in [5, 5.41) is 14.7. The first-order valence-electron chi connectivity index (χ1n) is 11.6. The van der Waals surface area contributed by atoms with Crippen molar-refractivity contribution in [1.29, 1.82) is 5.26 Å². The molecule has 0 N–H and O–H groups in total. The second-order valence-electron chi connectivity index (χ2n) is 8.80. The van der Waals surface area contributed by atoms with Gasteiger partial charge in [-0.1, -0.05) is 91.0 Å². The predicted octanol–water partition coefficient (Wildman–Crippen LogP) is 6.28. The number of para-hydroxylation sites is 2. The first-order chi connectivity index (χ1) is 17.2. The molecule has 3 nitrogen and oxygen atoms in total. The van der Waals surface area contributed by atoms with Crippen LogP contribution in [0.1, 0.15) is 5.56 Å². The molecule has 1 aliphatic heterocycles. The van der Waals surface area contributed by atoms with E-state index in [9.17, 15) is 5.26 Å². The molecule has 1 unspecified atom stereocenters. The topological polar surface area (TPSA) is 45.8 Å². The zero-order chi connectivity index (χ0) is 23.6. The minimum absolute atomic E-state index is 0.602. The van der Waals surface area contributed by atoms with Crippen molar-refractivity contribution in [2.45, 2.75) is 0 Å². The van der Waals surface area contributed by atoms with Crippen molar-refractivity contribution in [2.24, 2.45) is 0 Å². The van der Waals surface area contributed by atoms with Crippen LogP contribution in [-0.4, -0.2) is 4.57 Å². The maximum Gasteiger partial charge on any atom is 0.172 e. The number of hydrogen-bond donors (Lipinski definition) is 0. The van der Waals surface area contributed by atoms with Gasteiger partial charge in [0.15, 0.2) is 7.14 Å². The van der Waals surface area contributed by atoms with Crippen molar-refractivity contribution in [2.75, 3.05) is 0 Å². The first kappa shape index (κ1) is 20.0. The van der Waals surface area contributed by atoms with Gasteiger partial charge in [0.2, 0.25) is 0 Å². The Kier molecular flexibility index (Phi) is 4.18. The summed E-state index contributed by atoms with van der Waals surface area (Å²) in [5.74, 6) is 0. The number of fused-ring (bicyclic) bond motifs is 7. The number of benzene rings is 5. The highest BCUT2D eigenvalue weighted by atomic mass is 31.2. The summed E-state index contributed by atoms with van der Waals surface area (Å²) >= 11 is 0. The molecule has 1 aliphatic rings. The van der Waals surface area contributed by atoms with Gasteiger partial charge in [-0.15, -0.1) is 0 Å². The number of rotatable bonds is 2. The van der Waals surface area contributed by atoms with E-state index in [1.165, 1.54) is 0 Å². The van der Waals surface area contributed by atoms with E-state index in [2.05, 4.69) is 41.0 Å². The minimum atomic E-state index is -3.06. The molecule has 0 saturated carbocycles. The Bertz CT molecular complexity index is 1890. The highest BCUT2D eigenvalue weighted by Gasteiger charge is 2.41. The molecule has 5 aromatic carbocycles. The van der Waals surface area contributed by atoms with E-state index in [1.807, 2.05) is 84.9 Å². The van der Waals surface area contributed by atoms with Crippen LogP contribution in [0.5, 0.6) is 0 Å². The van der Waals surface area contributed by atoms with Crippen molar-refractivity contribution in [3.05, 3.63) is 121 Å². The molecular formula is C31H19N2OP. The normalized spacial score (nSPS) is 16.2.